The van der Waals surface area contributed by atoms with Crippen molar-refractivity contribution in [1.82, 2.24) is 5.32 Å². The zero-order valence-electron chi connectivity index (χ0n) is 10.5. The van der Waals surface area contributed by atoms with Crippen LogP contribution < -0.4 is 11.1 Å². The van der Waals surface area contributed by atoms with Gasteiger partial charge in [-0.1, -0.05) is 12.1 Å². The summed E-state index contributed by atoms with van der Waals surface area (Å²) in [5.41, 5.74) is 5.31. The molecule has 1 rings (SSSR count). The van der Waals surface area contributed by atoms with Crippen LogP contribution >= 0.6 is 0 Å². The molecule has 4 atom stereocenters. The standard InChI is InChI=1S/C11H21N3O3/c1-6-7(2)17-8(3)10(6)11(15)13-5-4-9(12)14-16/h6-8,10,16H,4-5H2,1-3H3,(H2,12,14)(H,13,15). The normalized spacial score (nSPS) is 33.7. The van der Waals surface area contributed by atoms with Crippen molar-refractivity contribution in [2.24, 2.45) is 22.7 Å². The molecule has 1 aliphatic heterocycles. The van der Waals surface area contributed by atoms with Gasteiger partial charge in [0.25, 0.3) is 0 Å². The average molecular weight is 243 g/mol. The number of nitrogens with zero attached hydrogens (tertiary/aromatic N) is 1. The van der Waals surface area contributed by atoms with Gasteiger partial charge in [-0.25, -0.2) is 0 Å². The van der Waals surface area contributed by atoms with Crippen LogP contribution in [0.5, 0.6) is 0 Å². The van der Waals surface area contributed by atoms with Gasteiger partial charge in [-0.2, -0.15) is 0 Å². The molecule has 0 aromatic heterocycles. The number of hydrogen-bond acceptors (Lipinski definition) is 4. The van der Waals surface area contributed by atoms with Gasteiger partial charge in [0.05, 0.1) is 18.1 Å². The SMILES string of the molecule is CC1OC(C)C(C(=O)NCCC(N)=NO)C1C. The van der Waals surface area contributed by atoms with E-state index in [0.29, 0.717) is 13.0 Å². The van der Waals surface area contributed by atoms with Crippen molar-refractivity contribution in [3.05, 3.63) is 0 Å². The highest BCUT2D eigenvalue weighted by molar-refractivity contribution is 5.82. The van der Waals surface area contributed by atoms with E-state index in [9.17, 15) is 4.79 Å². The Balaban J connectivity index is 2.42. The minimum Gasteiger partial charge on any atom is -0.409 e. The molecule has 1 amide bonds. The summed E-state index contributed by atoms with van der Waals surface area (Å²) in [6, 6.07) is 0. The molecule has 98 valence electrons. The smallest absolute Gasteiger partial charge is 0.226 e. The highest BCUT2D eigenvalue weighted by atomic mass is 16.5. The Morgan fingerprint density at radius 3 is 2.53 bits per heavy atom. The maximum absolute atomic E-state index is 11.9. The molecule has 1 heterocycles. The first-order valence-corrected chi connectivity index (χ1v) is 5.87. The van der Waals surface area contributed by atoms with Gasteiger partial charge in [-0.3, -0.25) is 4.79 Å². The van der Waals surface area contributed by atoms with Gasteiger partial charge in [0.15, 0.2) is 0 Å². The van der Waals surface area contributed by atoms with Gasteiger partial charge >= 0.3 is 0 Å². The van der Waals surface area contributed by atoms with Crippen LogP contribution in [0.3, 0.4) is 0 Å². The van der Waals surface area contributed by atoms with Gasteiger partial charge in [-0.05, 0) is 19.8 Å². The predicted molar refractivity (Wildman–Crippen MR) is 63.7 cm³/mol. The Bertz CT molecular complexity index is 306. The van der Waals surface area contributed by atoms with Crippen molar-refractivity contribution < 1.29 is 14.7 Å². The van der Waals surface area contributed by atoms with Gasteiger partial charge in [0, 0.05) is 13.0 Å². The molecule has 0 aliphatic carbocycles. The van der Waals surface area contributed by atoms with Crippen molar-refractivity contribution in [3.63, 3.8) is 0 Å². The number of amidine groups is 1. The largest absolute Gasteiger partial charge is 0.409 e. The Morgan fingerprint density at radius 1 is 1.41 bits per heavy atom. The van der Waals surface area contributed by atoms with Crippen LogP contribution in [0.4, 0.5) is 0 Å². The summed E-state index contributed by atoms with van der Waals surface area (Å²) in [5.74, 6) is 0.161. The summed E-state index contributed by atoms with van der Waals surface area (Å²) in [6.07, 6.45) is 0.377. The summed E-state index contributed by atoms with van der Waals surface area (Å²) in [4.78, 5) is 11.9. The van der Waals surface area contributed by atoms with Crippen LogP contribution in [0, 0.1) is 11.8 Å². The maximum Gasteiger partial charge on any atom is 0.226 e. The number of oxime groups is 1. The van der Waals surface area contributed by atoms with Crippen molar-refractivity contribution in [2.75, 3.05) is 6.54 Å². The molecule has 1 fully saturated rings. The second kappa shape index (κ2) is 5.86. The van der Waals surface area contributed by atoms with Crippen LogP contribution in [0.25, 0.3) is 0 Å². The molecule has 4 unspecified atom stereocenters. The Labute approximate surface area is 101 Å². The zero-order valence-corrected chi connectivity index (χ0v) is 10.5. The van der Waals surface area contributed by atoms with Gasteiger partial charge in [0.2, 0.25) is 5.91 Å². The minimum atomic E-state index is -0.128. The molecular formula is C11H21N3O3. The molecule has 4 N–H and O–H groups in total. The molecule has 1 aliphatic rings. The van der Waals surface area contributed by atoms with Crippen LogP contribution in [-0.2, 0) is 9.53 Å². The lowest BCUT2D eigenvalue weighted by Gasteiger charge is -2.17. The van der Waals surface area contributed by atoms with E-state index in [1.165, 1.54) is 0 Å². The van der Waals surface area contributed by atoms with E-state index in [4.69, 9.17) is 15.7 Å². The monoisotopic (exact) mass is 243 g/mol. The number of nitrogens with one attached hydrogen (secondary N) is 1. The van der Waals surface area contributed by atoms with E-state index in [0.717, 1.165) is 0 Å². The number of ether oxygens (including phenoxy) is 1. The van der Waals surface area contributed by atoms with Crippen LogP contribution in [0.15, 0.2) is 5.16 Å². The molecule has 1 saturated heterocycles. The second-order valence-electron chi connectivity index (χ2n) is 4.56. The quantitative estimate of drug-likeness (QED) is 0.286. The van der Waals surface area contributed by atoms with Gasteiger partial charge in [0.1, 0.15) is 5.84 Å². The fourth-order valence-electron chi connectivity index (χ4n) is 2.20. The molecule has 0 radical (unpaired) electrons. The van der Waals surface area contributed by atoms with E-state index < -0.39 is 0 Å². The fraction of sp³-hybridized carbons (Fsp3) is 0.818. The summed E-state index contributed by atoms with van der Waals surface area (Å²) in [6.45, 7) is 6.28. The van der Waals surface area contributed by atoms with Crippen LogP contribution in [0.1, 0.15) is 27.2 Å². The number of nitrogens with two attached hydrogens (primary N) is 1. The highest BCUT2D eigenvalue weighted by Gasteiger charge is 2.41. The van der Waals surface area contributed by atoms with Crippen molar-refractivity contribution in [3.8, 4) is 0 Å². The number of amides is 1. The van der Waals surface area contributed by atoms with E-state index in [1.807, 2.05) is 20.8 Å². The molecular weight excluding hydrogens is 222 g/mol. The lowest BCUT2D eigenvalue weighted by Crippen LogP contribution is -2.38. The third kappa shape index (κ3) is 3.33. The summed E-state index contributed by atoms with van der Waals surface area (Å²) in [5, 5.41) is 14.0. The fourth-order valence-corrected chi connectivity index (χ4v) is 2.20. The predicted octanol–water partition coefficient (Wildman–Crippen LogP) is 0.299. The molecule has 6 nitrogen and oxygen atoms in total. The average Bonchev–Trinajstić information content (AvgIpc) is 2.52. The summed E-state index contributed by atoms with van der Waals surface area (Å²) in [7, 11) is 0. The Hall–Kier alpha value is -1.30. The molecule has 0 spiro atoms. The minimum absolute atomic E-state index is 0.0277. The van der Waals surface area contributed by atoms with E-state index >= 15 is 0 Å². The van der Waals surface area contributed by atoms with Crippen molar-refractivity contribution in [1.29, 1.82) is 0 Å². The van der Waals surface area contributed by atoms with Crippen LogP contribution in [-0.4, -0.2) is 35.7 Å². The first-order chi connectivity index (χ1) is 7.97. The lowest BCUT2D eigenvalue weighted by atomic mass is 9.89. The third-order valence-corrected chi connectivity index (χ3v) is 3.35. The van der Waals surface area contributed by atoms with Crippen molar-refractivity contribution >= 4 is 11.7 Å². The van der Waals surface area contributed by atoms with E-state index in [-0.39, 0.29) is 35.8 Å². The maximum atomic E-state index is 11.9. The van der Waals surface area contributed by atoms with Crippen LogP contribution in [0.2, 0.25) is 0 Å². The van der Waals surface area contributed by atoms with Gasteiger partial charge < -0.3 is 21.0 Å². The molecule has 0 bridgehead atoms. The number of rotatable bonds is 4. The molecule has 17 heavy (non-hydrogen) atoms. The first kappa shape index (κ1) is 13.8. The van der Waals surface area contributed by atoms with E-state index in [1.54, 1.807) is 0 Å². The van der Waals surface area contributed by atoms with Gasteiger partial charge in [-0.15, -0.1) is 0 Å². The number of hydrogen-bond donors (Lipinski definition) is 3. The third-order valence-electron chi connectivity index (χ3n) is 3.35. The molecule has 6 heteroatoms. The molecule has 0 aromatic carbocycles. The first-order valence-electron chi connectivity index (χ1n) is 5.87. The highest BCUT2D eigenvalue weighted by Crippen LogP contribution is 2.32. The Kier molecular flexibility index (Phi) is 4.74. The van der Waals surface area contributed by atoms with Crippen molar-refractivity contribution in [2.45, 2.75) is 39.4 Å². The zero-order chi connectivity index (χ0) is 13.0. The summed E-state index contributed by atoms with van der Waals surface area (Å²) >= 11 is 0. The number of carbonyl (C=O) groups is 1. The number of carbonyl (C=O) groups excluding carboxylic acids is 1. The summed E-state index contributed by atoms with van der Waals surface area (Å²) < 4.78 is 5.61. The van der Waals surface area contributed by atoms with E-state index in [2.05, 4.69) is 10.5 Å². The second-order valence-corrected chi connectivity index (χ2v) is 4.56. The topological polar surface area (TPSA) is 96.9 Å². The lowest BCUT2D eigenvalue weighted by molar-refractivity contribution is -0.127. The Morgan fingerprint density at radius 2 is 2.06 bits per heavy atom. The molecule has 0 aromatic rings. The molecule has 0 saturated carbocycles.